The van der Waals surface area contributed by atoms with E-state index in [1.54, 1.807) is 17.4 Å². The molecule has 0 spiro atoms. The molecule has 1 atom stereocenters. The smallest absolute Gasteiger partial charge is 0.222 e. The van der Waals surface area contributed by atoms with Gasteiger partial charge < -0.3 is 10.4 Å². The third-order valence-electron chi connectivity index (χ3n) is 3.53. The topological polar surface area (TPSA) is 49.3 Å². The maximum atomic E-state index is 13.1. The molecule has 1 aromatic heterocycles. The van der Waals surface area contributed by atoms with E-state index in [4.69, 9.17) is 0 Å². The zero-order chi connectivity index (χ0) is 16.2. The lowest BCUT2D eigenvalue weighted by Crippen LogP contribution is -2.36. The highest BCUT2D eigenvalue weighted by molar-refractivity contribution is 7.10. The number of thiophene rings is 1. The van der Waals surface area contributed by atoms with Gasteiger partial charge in [-0.3, -0.25) is 4.79 Å². The lowest BCUT2D eigenvalue weighted by atomic mass is 9.91. The molecule has 3 nitrogen and oxygen atoms in total. The van der Waals surface area contributed by atoms with Crippen molar-refractivity contribution < 1.29 is 14.3 Å². The van der Waals surface area contributed by atoms with Crippen LogP contribution in [0.15, 0.2) is 41.8 Å². The molecule has 5 heteroatoms. The van der Waals surface area contributed by atoms with Crippen LogP contribution in [-0.4, -0.2) is 17.6 Å². The molecule has 0 aliphatic rings. The van der Waals surface area contributed by atoms with Gasteiger partial charge in [-0.2, -0.15) is 0 Å². The predicted molar refractivity (Wildman–Crippen MR) is 86.3 cm³/mol. The van der Waals surface area contributed by atoms with Crippen LogP contribution in [0.2, 0.25) is 0 Å². The number of benzene rings is 1. The van der Waals surface area contributed by atoms with Crippen LogP contribution in [0.25, 0.3) is 0 Å². The van der Waals surface area contributed by atoms with E-state index in [1.165, 1.54) is 23.1 Å². The fourth-order valence-corrected chi connectivity index (χ4v) is 3.00. The Labute approximate surface area is 133 Å². The second kappa shape index (κ2) is 7.03. The Bertz CT molecular complexity index is 625. The summed E-state index contributed by atoms with van der Waals surface area (Å²) >= 11 is 1.65. The highest BCUT2D eigenvalue weighted by Crippen LogP contribution is 2.26. The fraction of sp³-hybridized carbons (Fsp3) is 0.353. The molecule has 0 radical (unpaired) electrons. The first-order valence-electron chi connectivity index (χ1n) is 7.13. The molecule has 0 bridgehead atoms. The average Bonchev–Trinajstić information content (AvgIpc) is 3.00. The van der Waals surface area contributed by atoms with Crippen LogP contribution in [-0.2, 0) is 10.2 Å². The van der Waals surface area contributed by atoms with E-state index in [9.17, 15) is 14.3 Å². The number of hydrogen-bond acceptors (Lipinski definition) is 3. The van der Waals surface area contributed by atoms with Crippen molar-refractivity contribution in [1.82, 2.24) is 5.32 Å². The van der Waals surface area contributed by atoms with Gasteiger partial charge in [0, 0.05) is 16.8 Å². The number of aliphatic hydroxyl groups is 1. The van der Waals surface area contributed by atoms with Gasteiger partial charge in [-0.05, 0) is 29.1 Å². The number of carbonyl (C=O) groups excluding carboxylic acids is 1. The number of nitrogens with one attached hydrogen (secondary N) is 1. The summed E-state index contributed by atoms with van der Waals surface area (Å²) in [6.45, 7) is 4.60. The van der Waals surface area contributed by atoms with Crippen molar-refractivity contribution in [1.29, 1.82) is 0 Å². The fourth-order valence-electron chi connectivity index (χ4n) is 2.15. The van der Waals surface area contributed by atoms with Crippen molar-refractivity contribution >= 4 is 17.2 Å². The van der Waals surface area contributed by atoms with E-state index in [2.05, 4.69) is 19.2 Å². The van der Waals surface area contributed by atoms with Crippen molar-refractivity contribution in [2.24, 2.45) is 0 Å². The van der Waals surface area contributed by atoms with Gasteiger partial charge in [0.05, 0.1) is 12.5 Å². The Hall–Kier alpha value is -1.72. The van der Waals surface area contributed by atoms with E-state index < -0.39 is 11.9 Å². The standard InChI is InChI=1S/C17H20FNO2S/c1-17(2,15-7-4-8-22-15)11-19-16(21)10-14(20)12-5-3-6-13(18)9-12/h3-9,14,20H,10-11H2,1-2H3,(H,19,21). The average molecular weight is 321 g/mol. The Balaban J connectivity index is 1.88. The van der Waals surface area contributed by atoms with E-state index in [1.807, 2.05) is 17.5 Å². The lowest BCUT2D eigenvalue weighted by Gasteiger charge is -2.24. The molecule has 2 aromatic rings. The molecule has 0 aliphatic carbocycles. The second-order valence-corrected chi connectivity index (χ2v) is 6.86. The Kier molecular flexibility index (Phi) is 5.32. The Morgan fingerprint density at radius 2 is 2.14 bits per heavy atom. The molecule has 2 N–H and O–H groups in total. The minimum atomic E-state index is -0.999. The zero-order valence-electron chi connectivity index (χ0n) is 12.7. The summed E-state index contributed by atoms with van der Waals surface area (Å²) in [7, 11) is 0. The summed E-state index contributed by atoms with van der Waals surface area (Å²) in [6, 6.07) is 9.70. The monoisotopic (exact) mass is 321 g/mol. The molecule has 1 heterocycles. The zero-order valence-corrected chi connectivity index (χ0v) is 13.5. The molecular formula is C17H20FNO2S. The Morgan fingerprint density at radius 3 is 2.77 bits per heavy atom. The van der Waals surface area contributed by atoms with Gasteiger partial charge in [0.2, 0.25) is 5.91 Å². The number of carbonyl (C=O) groups is 1. The molecule has 1 unspecified atom stereocenters. The molecular weight excluding hydrogens is 301 g/mol. The molecule has 22 heavy (non-hydrogen) atoms. The maximum Gasteiger partial charge on any atom is 0.222 e. The summed E-state index contributed by atoms with van der Waals surface area (Å²) in [5.41, 5.74) is 0.251. The minimum absolute atomic E-state index is 0.0794. The molecule has 0 saturated carbocycles. The SMILES string of the molecule is CC(C)(CNC(=O)CC(O)c1cccc(F)c1)c1cccs1. The van der Waals surface area contributed by atoms with Gasteiger partial charge in [-0.1, -0.05) is 32.0 Å². The van der Waals surface area contributed by atoms with Crippen molar-refractivity contribution in [2.45, 2.75) is 31.8 Å². The summed E-state index contributed by atoms with van der Waals surface area (Å²) in [5.74, 6) is -0.669. The first kappa shape index (κ1) is 16.6. The number of rotatable bonds is 6. The molecule has 0 aliphatic heterocycles. The highest BCUT2D eigenvalue weighted by atomic mass is 32.1. The van der Waals surface area contributed by atoms with Gasteiger partial charge in [0.15, 0.2) is 0 Å². The van der Waals surface area contributed by atoms with Crippen molar-refractivity contribution in [2.75, 3.05) is 6.54 Å². The Morgan fingerprint density at radius 1 is 1.36 bits per heavy atom. The van der Waals surface area contributed by atoms with E-state index in [0.717, 1.165) is 0 Å². The van der Waals surface area contributed by atoms with E-state index in [0.29, 0.717) is 12.1 Å². The number of hydrogen-bond donors (Lipinski definition) is 2. The van der Waals surface area contributed by atoms with E-state index >= 15 is 0 Å². The van der Waals surface area contributed by atoms with Gasteiger partial charge in [-0.25, -0.2) is 4.39 Å². The van der Waals surface area contributed by atoms with Crippen LogP contribution in [0, 0.1) is 5.82 Å². The third kappa shape index (κ3) is 4.39. The largest absolute Gasteiger partial charge is 0.388 e. The predicted octanol–water partition coefficient (Wildman–Crippen LogP) is 3.40. The number of amides is 1. The molecule has 118 valence electrons. The van der Waals surface area contributed by atoms with Crippen LogP contribution >= 0.6 is 11.3 Å². The van der Waals surface area contributed by atoms with Gasteiger partial charge in [0.25, 0.3) is 0 Å². The van der Waals surface area contributed by atoms with Crippen molar-refractivity contribution in [3.05, 3.63) is 58.0 Å². The number of halogens is 1. The quantitative estimate of drug-likeness (QED) is 0.856. The number of aliphatic hydroxyl groups excluding tert-OH is 1. The minimum Gasteiger partial charge on any atom is -0.388 e. The van der Waals surface area contributed by atoms with Crippen LogP contribution in [0.5, 0.6) is 0 Å². The van der Waals surface area contributed by atoms with Gasteiger partial charge >= 0.3 is 0 Å². The highest BCUT2D eigenvalue weighted by Gasteiger charge is 2.23. The molecule has 0 fully saturated rings. The summed E-state index contributed by atoms with van der Waals surface area (Å²) in [4.78, 5) is 13.2. The van der Waals surface area contributed by atoms with Gasteiger partial charge in [-0.15, -0.1) is 11.3 Å². The van der Waals surface area contributed by atoms with Crippen LogP contribution < -0.4 is 5.32 Å². The lowest BCUT2D eigenvalue weighted by molar-refractivity contribution is -0.123. The molecule has 0 saturated heterocycles. The van der Waals surface area contributed by atoms with Crippen LogP contribution in [0.4, 0.5) is 4.39 Å². The first-order valence-corrected chi connectivity index (χ1v) is 8.01. The summed E-state index contributed by atoms with van der Waals surface area (Å²) in [6.07, 6.45) is -1.08. The second-order valence-electron chi connectivity index (χ2n) is 5.91. The first-order chi connectivity index (χ1) is 10.4. The molecule has 1 aromatic carbocycles. The molecule has 1 amide bonds. The summed E-state index contributed by atoms with van der Waals surface area (Å²) in [5, 5.41) is 14.9. The summed E-state index contributed by atoms with van der Waals surface area (Å²) < 4.78 is 13.1. The van der Waals surface area contributed by atoms with E-state index in [-0.39, 0.29) is 17.7 Å². The van der Waals surface area contributed by atoms with Gasteiger partial charge in [0.1, 0.15) is 5.82 Å². The molecule has 2 rings (SSSR count). The third-order valence-corrected chi connectivity index (χ3v) is 4.76. The maximum absolute atomic E-state index is 13.1. The van der Waals surface area contributed by atoms with Crippen LogP contribution in [0.1, 0.15) is 36.8 Å². The van der Waals surface area contributed by atoms with Crippen LogP contribution in [0.3, 0.4) is 0 Å². The normalized spacial score (nSPS) is 12.9. The van der Waals surface area contributed by atoms with Crippen molar-refractivity contribution in [3.63, 3.8) is 0 Å². The van der Waals surface area contributed by atoms with Crippen molar-refractivity contribution in [3.8, 4) is 0 Å².